The average Bonchev–Trinajstić information content (AvgIpc) is 3.12. The van der Waals surface area contributed by atoms with E-state index in [2.05, 4.69) is 20.9 Å². The Morgan fingerprint density at radius 3 is 2.67 bits per heavy atom. The number of benzene rings is 2. The number of aromatic amines is 1. The second-order valence-corrected chi connectivity index (χ2v) is 7.77. The standard InChI is InChI=1S/C22H23BrN2O5/c1-2-3-8-29-22(28)18(24)9-13-4-6-14(7-5-13)30-21(27)16-12-25-19-11-17(23)20(26)10-15(16)19/h4-7,10-12,18,25-26H,2-3,8-9,24H2,1H3/t18-/m0/s1. The molecule has 0 saturated heterocycles. The van der Waals surface area contributed by atoms with E-state index in [1.807, 2.05) is 6.92 Å². The van der Waals surface area contributed by atoms with Crippen LogP contribution in [0.1, 0.15) is 35.7 Å². The molecule has 0 aliphatic rings. The SMILES string of the molecule is CCCCOC(=O)[C@@H](N)Cc1ccc(OC(=O)c2c[nH]c3cc(Br)c(O)cc23)cc1. The van der Waals surface area contributed by atoms with Crippen molar-refractivity contribution in [3.8, 4) is 11.5 Å². The highest BCUT2D eigenvalue weighted by Crippen LogP contribution is 2.31. The first-order valence-corrected chi connectivity index (χ1v) is 10.4. The Kier molecular flexibility index (Phi) is 7.12. The monoisotopic (exact) mass is 474 g/mol. The first-order chi connectivity index (χ1) is 14.4. The number of phenolic OH excluding ortho intramolecular Hbond substituents is 1. The van der Waals surface area contributed by atoms with Crippen LogP contribution in [0.15, 0.2) is 47.1 Å². The number of H-pyrrole nitrogens is 1. The smallest absolute Gasteiger partial charge is 0.345 e. The maximum atomic E-state index is 12.5. The largest absolute Gasteiger partial charge is 0.507 e. The molecular formula is C22H23BrN2O5. The molecule has 2 aromatic carbocycles. The van der Waals surface area contributed by atoms with Crippen LogP contribution in [0.4, 0.5) is 0 Å². The molecule has 4 N–H and O–H groups in total. The highest BCUT2D eigenvalue weighted by molar-refractivity contribution is 9.10. The maximum absolute atomic E-state index is 12.5. The van der Waals surface area contributed by atoms with Gasteiger partial charge in [-0.1, -0.05) is 25.5 Å². The summed E-state index contributed by atoms with van der Waals surface area (Å²) in [5, 5.41) is 10.4. The molecule has 8 heteroatoms. The Hall–Kier alpha value is -2.84. The molecule has 3 rings (SSSR count). The van der Waals surface area contributed by atoms with E-state index < -0.39 is 18.0 Å². The lowest BCUT2D eigenvalue weighted by molar-refractivity contribution is -0.145. The van der Waals surface area contributed by atoms with E-state index >= 15 is 0 Å². The van der Waals surface area contributed by atoms with E-state index in [0.717, 1.165) is 18.4 Å². The molecule has 0 aliphatic carbocycles. The topological polar surface area (TPSA) is 115 Å². The van der Waals surface area contributed by atoms with Crippen molar-refractivity contribution in [2.24, 2.45) is 5.73 Å². The van der Waals surface area contributed by atoms with Crippen molar-refractivity contribution in [3.05, 3.63) is 58.2 Å². The maximum Gasteiger partial charge on any atom is 0.345 e. The summed E-state index contributed by atoms with van der Waals surface area (Å²) >= 11 is 3.24. The summed E-state index contributed by atoms with van der Waals surface area (Å²) in [6, 6.07) is 9.23. The van der Waals surface area contributed by atoms with Gasteiger partial charge >= 0.3 is 11.9 Å². The number of unbranched alkanes of at least 4 members (excludes halogenated alkanes) is 1. The second-order valence-electron chi connectivity index (χ2n) is 6.92. The quantitative estimate of drug-likeness (QED) is 0.257. The number of halogens is 1. The molecule has 0 radical (unpaired) electrons. The fourth-order valence-electron chi connectivity index (χ4n) is 2.92. The summed E-state index contributed by atoms with van der Waals surface area (Å²) in [5.41, 5.74) is 7.74. The number of ether oxygens (including phenoxy) is 2. The summed E-state index contributed by atoms with van der Waals surface area (Å²) in [7, 11) is 0. The number of hydrogen-bond donors (Lipinski definition) is 3. The van der Waals surface area contributed by atoms with Crippen molar-refractivity contribution in [1.82, 2.24) is 4.98 Å². The summed E-state index contributed by atoms with van der Waals surface area (Å²) in [6.45, 7) is 2.39. The van der Waals surface area contributed by atoms with Crippen LogP contribution < -0.4 is 10.5 Å². The number of nitrogens with two attached hydrogens (primary N) is 1. The number of esters is 2. The third kappa shape index (κ3) is 5.20. The van der Waals surface area contributed by atoms with Gasteiger partial charge in [0.2, 0.25) is 0 Å². The molecule has 3 aromatic rings. The number of aromatic hydroxyl groups is 1. The van der Waals surface area contributed by atoms with E-state index in [4.69, 9.17) is 15.2 Å². The van der Waals surface area contributed by atoms with Gasteiger partial charge in [0.1, 0.15) is 17.5 Å². The number of rotatable bonds is 8. The number of carbonyl (C=O) groups excluding carboxylic acids is 2. The Morgan fingerprint density at radius 1 is 1.23 bits per heavy atom. The summed E-state index contributed by atoms with van der Waals surface area (Å²) in [6.07, 6.45) is 3.62. The molecule has 1 heterocycles. The van der Waals surface area contributed by atoms with E-state index in [-0.39, 0.29) is 5.75 Å². The minimum absolute atomic E-state index is 0.0325. The van der Waals surface area contributed by atoms with E-state index in [1.165, 1.54) is 12.3 Å². The van der Waals surface area contributed by atoms with Crippen molar-refractivity contribution >= 4 is 38.8 Å². The van der Waals surface area contributed by atoms with Crippen molar-refractivity contribution in [1.29, 1.82) is 0 Å². The van der Waals surface area contributed by atoms with Crippen molar-refractivity contribution in [2.45, 2.75) is 32.2 Å². The van der Waals surface area contributed by atoms with Crippen LogP contribution in [-0.4, -0.2) is 34.7 Å². The molecule has 0 aliphatic heterocycles. The summed E-state index contributed by atoms with van der Waals surface area (Å²) < 4.78 is 11.1. The normalized spacial score (nSPS) is 12.0. The van der Waals surface area contributed by atoms with Gasteiger partial charge in [-0.3, -0.25) is 4.79 Å². The molecule has 1 atom stereocenters. The summed E-state index contributed by atoms with van der Waals surface area (Å²) in [4.78, 5) is 27.4. The Balaban J connectivity index is 1.62. The number of aromatic nitrogens is 1. The molecule has 30 heavy (non-hydrogen) atoms. The molecular weight excluding hydrogens is 452 g/mol. The number of hydrogen-bond acceptors (Lipinski definition) is 6. The number of nitrogens with one attached hydrogen (secondary N) is 1. The first kappa shape index (κ1) is 21.9. The molecule has 0 fully saturated rings. The molecule has 0 saturated carbocycles. The van der Waals surface area contributed by atoms with Crippen LogP contribution in [0.2, 0.25) is 0 Å². The minimum atomic E-state index is -0.742. The minimum Gasteiger partial charge on any atom is -0.507 e. The van der Waals surface area contributed by atoms with Crippen LogP contribution in [0.5, 0.6) is 11.5 Å². The van der Waals surface area contributed by atoms with Crippen LogP contribution in [0.25, 0.3) is 10.9 Å². The molecule has 158 valence electrons. The van der Waals surface area contributed by atoms with Gasteiger partial charge in [-0.15, -0.1) is 0 Å². The van der Waals surface area contributed by atoms with Gasteiger partial charge in [0.15, 0.2) is 0 Å². The zero-order chi connectivity index (χ0) is 21.7. The molecule has 0 amide bonds. The van der Waals surface area contributed by atoms with Crippen LogP contribution in [0.3, 0.4) is 0 Å². The second kappa shape index (κ2) is 9.77. The van der Waals surface area contributed by atoms with Crippen molar-refractivity contribution in [2.75, 3.05) is 6.61 Å². The van der Waals surface area contributed by atoms with Crippen LogP contribution >= 0.6 is 15.9 Å². The third-order valence-corrected chi connectivity index (χ3v) is 5.24. The first-order valence-electron chi connectivity index (χ1n) is 9.62. The lowest BCUT2D eigenvalue weighted by Gasteiger charge is -2.12. The molecule has 1 aromatic heterocycles. The zero-order valence-electron chi connectivity index (χ0n) is 16.5. The Labute approximate surface area is 182 Å². The third-order valence-electron chi connectivity index (χ3n) is 4.60. The Morgan fingerprint density at radius 2 is 1.97 bits per heavy atom. The predicted molar refractivity (Wildman–Crippen MR) is 117 cm³/mol. The van der Waals surface area contributed by atoms with Gasteiger partial charge in [0.25, 0.3) is 0 Å². The van der Waals surface area contributed by atoms with Gasteiger partial charge < -0.3 is 25.3 Å². The van der Waals surface area contributed by atoms with Crippen molar-refractivity contribution in [3.63, 3.8) is 0 Å². The lowest BCUT2D eigenvalue weighted by atomic mass is 10.1. The van der Waals surface area contributed by atoms with Gasteiger partial charge in [-0.05, 0) is 58.6 Å². The van der Waals surface area contributed by atoms with Crippen molar-refractivity contribution < 1.29 is 24.2 Å². The molecule has 0 bridgehead atoms. The molecule has 0 unspecified atom stereocenters. The van der Waals surface area contributed by atoms with Crippen LogP contribution in [-0.2, 0) is 16.0 Å². The fraction of sp³-hybridized carbons (Fsp3) is 0.273. The van der Waals surface area contributed by atoms with Crippen LogP contribution in [0, 0.1) is 0 Å². The predicted octanol–water partition coefficient (Wildman–Crippen LogP) is 4.07. The van der Waals surface area contributed by atoms with Gasteiger partial charge in [0, 0.05) is 17.1 Å². The van der Waals surface area contributed by atoms with E-state index in [9.17, 15) is 14.7 Å². The highest BCUT2D eigenvalue weighted by atomic mass is 79.9. The average molecular weight is 475 g/mol. The van der Waals surface area contributed by atoms with Gasteiger partial charge in [-0.25, -0.2) is 4.79 Å². The van der Waals surface area contributed by atoms with E-state index in [1.54, 1.807) is 30.3 Å². The fourth-order valence-corrected chi connectivity index (χ4v) is 3.26. The summed E-state index contributed by atoms with van der Waals surface area (Å²) in [5.74, 6) is -0.580. The lowest BCUT2D eigenvalue weighted by Crippen LogP contribution is -2.34. The molecule has 7 nitrogen and oxygen atoms in total. The number of carbonyl (C=O) groups is 2. The van der Waals surface area contributed by atoms with Gasteiger partial charge in [-0.2, -0.15) is 0 Å². The Bertz CT molecular complexity index is 1050. The number of phenols is 1. The number of fused-ring (bicyclic) bond motifs is 1. The van der Waals surface area contributed by atoms with Gasteiger partial charge in [0.05, 0.1) is 16.6 Å². The highest BCUT2D eigenvalue weighted by Gasteiger charge is 2.18. The van der Waals surface area contributed by atoms with E-state index in [0.29, 0.717) is 39.7 Å². The molecule has 0 spiro atoms. The zero-order valence-corrected chi connectivity index (χ0v) is 18.1.